The molecule has 0 spiro atoms. The molecule has 1 aliphatic rings. The maximum atomic E-state index is 14.4. The predicted molar refractivity (Wildman–Crippen MR) is 145 cm³/mol. The summed E-state index contributed by atoms with van der Waals surface area (Å²) >= 11 is 0. The molecule has 1 saturated heterocycles. The number of hydrogen-bond donors (Lipinski definition) is 1. The Hall–Kier alpha value is -2.44. The van der Waals surface area contributed by atoms with Crippen molar-refractivity contribution in [2.75, 3.05) is 11.9 Å². The van der Waals surface area contributed by atoms with Gasteiger partial charge in [0.1, 0.15) is 18.4 Å². The maximum absolute atomic E-state index is 14.4. The largest absolute Gasteiger partial charge is 0.463 e. The van der Waals surface area contributed by atoms with Gasteiger partial charge in [0, 0.05) is 19.3 Å². The van der Waals surface area contributed by atoms with Crippen molar-refractivity contribution in [1.29, 1.82) is 0 Å². The van der Waals surface area contributed by atoms with E-state index in [9.17, 15) is 14.0 Å². The fourth-order valence-electron chi connectivity index (χ4n) is 4.10. The van der Waals surface area contributed by atoms with Crippen molar-refractivity contribution in [1.82, 2.24) is 19.5 Å². The molecule has 0 aliphatic carbocycles. The Bertz CT molecular complexity index is 1150. The second-order valence-electron chi connectivity index (χ2n) is 11.7. The summed E-state index contributed by atoms with van der Waals surface area (Å²) in [5.41, 5.74) is -0.479. The maximum Gasteiger partial charge on any atom is 0.312 e. The summed E-state index contributed by atoms with van der Waals surface area (Å²) < 4.78 is 35.0. The Labute approximate surface area is 225 Å². The molecule has 3 atom stereocenters. The van der Waals surface area contributed by atoms with Crippen LogP contribution in [0.2, 0.25) is 18.1 Å². The molecule has 1 N–H and O–H groups in total. The van der Waals surface area contributed by atoms with E-state index in [1.807, 2.05) is 20.8 Å². The van der Waals surface area contributed by atoms with Crippen LogP contribution in [-0.2, 0) is 23.5 Å². The topological polar surface area (TPSA) is 117 Å². The molecule has 3 heterocycles. The summed E-state index contributed by atoms with van der Waals surface area (Å²) in [4.78, 5) is 36.6. The highest BCUT2D eigenvalue weighted by molar-refractivity contribution is 6.74. The van der Waals surface area contributed by atoms with Crippen molar-refractivity contribution in [2.45, 2.75) is 116 Å². The average Bonchev–Trinajstić information content (AvgIpc) is 3.36. The Morgan fingerprint density at radius 2 is 1.95 bits per heavy atom. The number of amides is 1. The van der Waals surface area contributed by atoms with Gasteiger partial charge in [0.25, 0.3) is 0 Å². The molecule has 0 saturated carbocycles. The van der Waals surface area contributed by atoms with Crippen molar-refractivity contribution in [2.24, 2.45) is 0 Å². The van der Waals surface area contributed by atoms with Crippen LogP contribution in [0.1, 0.15) is 86.3 Å². The average molecular weight is 552 g/mol. The lowest BCUT2D eigenvalue weighted by atomic mass is 10.0. The van der Waals surface area contributed by atoms with Crippen LogP contribution in [0.4, 0.5) is 10.2 Å². The summed E-state index contributed by atoms with van der Waals surface area (Å²) in [5.74, 6) is -0.537. The molecule has 0 aromatic carbocycles. The monoisotopic (exact) mass is 551 g/mol. The van der Waals surface area contributed by atoms with E-state index in [1.165, 1.54) is 6.33 Å². The van der Waals surface area contributed by atoms with E-state index in [-0.39, 0.29) is 53.0 Å². The highest BCUT2D eigenvalue weighted by atomic mass is 28.4. The summed E-state index contributed by atoms with van der Waals surface area (Å²) in [6.45, 7) is 16.6. The van der Waals surface area contributed by atoms with Gasteiger partial charge in [0.15, 0.2) is 25.3 Å². The first kappa shape index (κ1) is 30.1. The molecule has 2 aromatic rings. The molecule has 0 radical (unpaired) electrons. The lowest BCUT2D eigenvalue weighted by Gasteiger charge is -2.41. The zero-order valence-electron chi connectivity index (χ0n) is 23.9. The first-order chi connectivity index (χ1) is 17.7. The SMILES string of the molecule is CCCCC(=O)OC[C@@]1(C)O[C@@H](n2cnc3c(NC(=O)CCC)nc(F)nc32)CC1O[Si](C)(C)C(C)(C)C. The Kier molecular flexibility index (Phi) is 9.31. The van der Waals surface area contributed by atoms with Crippen LogP contribution < -0.4 is 5.32 Å². The molecule has 0 bridgehead atoms. The first-order valence-electron chi connectivity index (χ1n) is 13.4. The van der Waals surface area contributed by atoms with E-state index in [2.05, 4.69) is 54.1 Å². The summed E-state index contributed by atoms with van der Waals surface area (Å²) in [6.07, 6.45) is 2.87. The number of hydrogen-bond acceptors (Lipinski definition) is 8. The van der Waals surface area contributed by atoms with Gasteiger partial charge in [-0.05, 0) is 37.9 Å². The number of fused-ring (bicyclic) bond motifs is 1. The fourth-order valence-corrected chi connectivity index (χ4v) is 5.51. The highest BCUT2D eigenvalue weighted by Crippen LogP contribution is 2.45. The zero-order valence-corrected chi connectivity index (χ0v) is 24.9. The smallest absolute Gasteiger partial charge is 0.312 e. The van der Waals surface area contributed by atoms with Crippen molar-refractivity contribution < 1.29 is 27.9 Å². The van der Waals surface area contributed by atoms with Crippen molar-refractivity contribution >= 4 is 37.2 Å². The van der Waals surface area contributed by atoms with E-state index in [0.717, 1.165) is 12.8 Å². The molecule has 212 valence electrons. The molecule has 38 heavy (non-hydrogen) atoms. The number of nitrogens with zero attached hydrogens (tertiary/aromatic N) is 4. The number of nitrogens with one attached hydrogen (secondary N) is 1. The second-order valence-corrected chi connectivity index (χ2v) is 16.5. The molecular formula is C26H42FN5O5Si. The number of esters is 1. The number of unbranched alkanes of at least 4 members (excludes halogenated alkanes) is 1. The van der Waals surface area contributed by atoms with Crippen LogP contribution in [0.15, 0.2) is 6.33 Å². The van der Waals surface area contributed by atoms with E-state index < -0.39 is 26.2 Å². The number of carbonyl (C=O) groups excluding carboxylic acids is 2. The van der Waals surface area contributed by atoms with Gasteiger partial charge in [0.05, 0.1) is 12.4 Å². The van der Waals surface area contributed by atoms with E-state index in [4.69, 9.17) is 13.9 Å². The number of carbonyl (C=O) groups is 2. The van der Waals surface area contributed by atoms with Gasteiger partial charge in [-0.25, -0.2) is 4.98 Å². The van der Waals surface area contributed by atoms with Gasteiger partial charge in [-0.2, -0.15) is 14.4 Å². The van der Waals surface area contributed by atoms with Crippen molar-refractivity contribution in [3.8, 4) is 0 Å². The normalized spacial score (nSPS) is 22.1. The third-order valence-electron chi connectivity index (χ3n) is 7.44. The minimum Gasteiger partial charge on any atom is -0.463 e. The zero-order chi connectivity index (χ0) is 28.3. The van der Waals surface area contributed by atoms with E-state index in [0.29, 0.717) is 19.3 Å². The molecule has 12 heteroatoms. The first-order valence-corrected chi connectivity index (χ1v) is 16.3. The van der Waals surface area contributed by atoms with Crippen LogP contribution >= 0.6 is 0 Å². The van der Waals surface area contributed by atoms with Crippen LogP contribution in [0.25, 0.3) is 11.2 Å². The molecule has 1 unspecified atom stereocenters. The van der Waals surface area contributed by atoms with Crippen molar-refractivity contribution in [3.63, 3.8) is 0 Å². The molecule has 1 amide bonds. The predicted octanol–water partition coefficient (Wildman–Crippen LogP) is 5.51. The van der Waals surface area contributed by atoms with Crippen LogP contribution in [0.5, 0.6) is 0 Å². The lowest BCUT2D eigenvalue weighted by molar-refractivity contribution is -0.161. The third-order valence-corrected chi connectivity index (χ3v) is 11.9. The third kappa shape index (κ3) is 6.76. The Morgan fingerprint density at radius 3 is 2.58 bits per heavy atom. The second kappa shape index (κ2) is 11.7. The van der Waals surface area contributed by atoms with Gasteiger partial charge >= 0.3 is 12.0 Å². The molecule has 10 nitrogen and oxygen atoms in total. The number of halogens is 1. The number of imidazole rings is 1. The summed E-state index contributed by atoms with van der Waals surface area (Å²) in [5, 5.41) is 2.58. The van der Waals surface area contributed by atoms with Crippen LogP contribution in [0.3, 0.4) is 0 Å². The molecule has 3 rings (SSSR count). The highest BCUT2D eigenvalue weighted by Gasteiger charge is 2.52. The van der Waals surface area contributed by atoms with E-state index >= 15 is 0 Å². The minimum absolute atomic E-state index is 0.0180. The number of aromatic nitrogens is 4. The molecule has 1 aliphatic heterocycles. The summed E-state index contributed by atoms with van der Waals surface area (Å²) in [6, 6.07) is 0. The van der Waals surface area contributed by atoms with Crippen molar-refractivity contribution in [3.05, 3.63) is 12.4 Å². The van der Waals surface area contributed by atoms with E-state index in [1.54, 1.807) is 4.57 Å². The number of anilines is 1. The molecular weight excluding hydrogens is 509 g/mol. The standard InChI is InChI=1S/C26H42FN5O5Si/c1-9-11-13-20(34)35-15-26(6)17(37-38(7,8)25(3,4)5)14-19(36-26)32-16-28-21-22(29-18(33)12-10-2)30-24(27)31-23(21)32/h16-17,19H,9-15H2,1-8H3,(H,29,30,31,33)/t17?,19-,26-/m1/s1. The van der Waals surface area contributed by atoms with Gasteiger partial charge < -0.3 is 19.2 Å². The minimum atomic E-state index is -2.23. The number of rotatable bonds is 11. The van der Waals surface area contributed by atoms with Crippen LogP contribution in [0, 0.1) is 6.08 Å². The van der Waals surface area contributed by atoms with Gasteiger partial charge in [-0.3, -0.25) is 14.2 Å². The van der Waals surface area contributed by atoms with Gasteiger partial charge in [0.2, 0.25) is 5.91 Å². The number of ether oxygens (including phenoxy) is 2. The fraction of sp³-hybridized carbons (Fsp3) is 0.731. The molecule has 2 aromatic heterocycles. The van der Waals surface area contributed by atoms with Gasteiger partial charge in [-0.15, -0.1) is 0 Å². The van der Waals surface area contributed by atoms with Crippen LogP contribution in [-0.4, -0.2) is 58.0 Å². The molecule has 1 fully saturated rings. The quantitative estimate of drug-likeness (QED) is 0.221. The Morgan fingerprint density at radius 1 is 1.24 bits per heavy atom. The summed E-state index contributed by atoms with van der Waals surface area (Å²) in [7, 11) is -2.23. The van der Waals surface area contributed by atoms with Gasteiger partial charge in [-0.1, -0.05) is 41.0 Å². The Balaban J connectivity index is 1.93. The lowest BCUT2D eigenvalue weighted by Crippen LogP contribution is -2.51.